The number of H-pyrrole nitrogens is 1. The van der Waals surface area contributed by atoms with Crippen LogP contribution < -0.4 is 4.72 Å². The van der Waals surface area contributed by atoms with Crippen molar-refractivity contribution >= 4 is 37.0 Å². The highest BCUT2D eigenvalue weighted by molar-refractivity contribution is 9.10. The lowest BCUT2D eigenvalue weighted by molar-refractivity contribution is 0.499. The Kier molecular flexibility index (Phi) is 4.21. The molecule has 0 saturated carbocycles. The van der Waals surface area contributed by atoms with Crippen LogP contribution in [0, 0.1) is 0 Å². The van der Waals surface area contributed by atoms with Crippen LogP contribution in [0.25, 0.3) is 11.0 Å². The molecule has 0 radical (unpaired) electrons. The number of fused-ring (bicyclic) bond motifs is 1. The van der Waals surface area contributed by atoms with Crippen LogP contribution >= 0.6 is 15.9 Å². The van der Waals surface area contributed by atoms with Crippen molar-refractivity contribution in [3.63, 3.8) is 0 Å². The summed E-state index contributed by atoms with van der Waals surface area (Å²) in [6.07, 6.45) is 4.45. The zero-order valence-electron chi connectivity index (χ0n) is 12.5. The first-order chi connectivity index (χ1) is 10.9. The standard InChI is InChI=1S/C13H15BrN6O2S/c1-8(2)20-12(17-7-18-20)6-19-23(21,22)11-5-16-13-10(11)3-9(14)4-15-13/h3-5,7-8,19H,6H2,1-2H3,(H,15,16). The summed E-state index contributed by atoms with van der Waals surface area (Å²) in [7, 11) is -3.70. The molecular weight excluding hydrogens is 384 g/mol. The molecule has 0 aromatic carbocycles. The Morgan fingerprint density at radius 1 is 1.39 bits per heavy atom. The lowest BCUT2D eigenvalue weighted by atomic mass is 10.3. The SMILES string of the molecule is CC(C)n1ncnc1CNS(=O)(=O)c1c[nH]c2ncc(Br)cc12. The van der Waals surface area contributed by atoms with E-state index in [9.17, 15) is 8.42 Å². The average Bonchev–Trinajstić information content (AvgIpc) is 3.11. The van der Waals surface area contributed by atoms with Gasteiger partial charge in [-0.05, 0) is 35.8 Å². The highest BCUT2D eigenvalue weighted by atomic mass is 79.9. The zero-order chi connectivity index (χ0) is 16.6. The smallest absolute Gasteiger partial charge is 0.243 e. The van der Waals surface area contributed by atoms with E-state index in [0.29, 0.717) is 21.3 Å². The van der Waals surface area contributed by atoms with Gasteiger partial charge in [0.25, 0.3) is 0 Å². The maximum absolute atomic E-state index is 12.6. The molecule has 0 aliphatic heterocycles. The lowest BCUT2D eigenvalue weighted by Gasteiger charge is -2.10. The van der Waals surface area contributed by atoms with E-state index >= 15 is 0 Å². The van der Waals surface area contributed by atoms with Gasteiger partial charge >= 0.3 is 0 Å². The van der Waals surface area contributed by atoms with Crippen molar-refractivity contribution in [2.45, 2.75) is 31.3 Å². The Hall–Kier alpha value is -1.78. The molecule has 122 valence electrons. The molecule has 10 heteroatoms. The number of pyridine rings is 1. The Balaban J connectivity index is 1.89. The van der Waals surface area contributed by atoms with E-state index in [1.54, 1.807) is 16.9 Å². The van der Waals surface area contributed by atoms with Crippen molar-refractivity contribution in [2.24, 2.45) is 0 Å². The fourth-order valence-corrected chi connectivity index (χ4v) is 3.71. The maximum Gasteiger partial charge on any atom is 0.243 e. The number of aromatic amines is 1. The van der Waals surface area contributed by atoms with E-state index in [2.05, 4.69) is 40.7 Å². The first-order valence-electron chi connectivity index (χ1n) is 6.89. The molecule has 23 heavy (non-hydrogen) atoms. The summed E-state index contributed by atoms with van der Waals surface area (Å²) < 4.78 is 30.1. The summed E-state index contributed by atoms with van der Waals surface area (Å²) in [5.41, 5.74) is 0.513. The largest absolute Gasteiger partial charge is 0.345 e. The van der Waals surface area contributed by atoms with Gasteiger partial charge < -0.3 is 4.98 Å². The van der Waals surface area contributed by atoms with Crippen molar-refractivity contribution in [3.05, 3.63) is 35.1 Å². The molecule has 8 nitrogen and oxygen atoms in total. The number of hydrogen-bond acceptors (Lipinski definition) is 5. The minimum absolute atomic E-state index is 0.0641. The molecule has 0 unspecified atom stereocenters. The number of hydrogen-bond donors (Lipinski definition) is 2. The molecule has 3 rings (SSSR count). The van der Waals surface area contributed by atoms with Crippen molar-refractivity contribution in [1.82, 2.24) is 29.5 Å². The third-order valence-corrected chi connectivity index (χ3v) is 5.18. The molecule has 0 spiro atoms. The van der Waals surface area contributed by atoms with Crippen LogP contribution in [0.5, 0.6) is 0 Å². The first-order valence-corrected chi connectivity index (χ1v) is 9.17. The summed E-state index contributed by atoms with van der Waals surface area (Å²) in [5.74, 6) is 0.558. The van der Waals surface area contributed by atoms with Crippen LogP contribution in [0.15, 0.2) is 34.2 Å². The zero-order valence-corrected chi connectivity index (χ0v) is 14.9. The average molecular weight is 399 g/mol. The second-order valence-corrected chi connectivity index (χ2v) is 7.89. The van der Waals surface area contributed by atoms with E-state index < -0.39 is 10.0 Å². The van der Waals surface area contributed by atoms with Gasteiger partial charge in [-0.15, -0.1) is 0 Å². The van der Waals surface area contributed by atoms with Gasteiger partial charge in [0.05, 0.1) is 6.54 Å². The van der Waals surface area contributed by atoms with E-state index in [-0.39, 0.29) is 17.5 Å². The van der Waals surface area contributed by atoms with E-state index in [1.165, 1.54) is 12.5 Å². The lowest BCUT2D eigenvalue weighted by Crippen LogP contribution is -2.25. The minimum atomic E-state index is -3.70. The molecule has 0 bridgehead atoms. The Morgan fingerprint density at radius 2 is 2.17 bits per heavy atom. The minimum Gasteiger partial charge on any atom is -0.345 e. The Bertz CT molecular complexity index is 946. The van der Waals surface area contributed by atoms with Gasteiger partial charge in [0.2, 0.25) is 10.0 Å². The topological polar surface area (TPSA) is 106 Å². The third-order valence-electron chi connectivity index (χ3n) is 3.31. The normalized spacial score (nSPS) is 12.3. The third kappa shape index (κ3) is 3.14. The number of nitrogens with zero attached hydrogens (tertiary/aromatic N) is 4. The fourth-order valence-electron chi connectivity index (χ4n) is 2.25. The van der Waals surface area contributed by atoms with Crippen LogP contribution in [0.4, 0.5) is 0 Å². The van der Waals surface area contributed by atoms with Crippen LogP contribution in [-0.2, 0) is 16.6 Å². The number of rotatable bonds is 5. The maximum atomic E-state index is 12.6. The van der Waals surface area contributed by atoms with Crippen molar-refractivity contribution in [3.8, 4) is 0 Å². The second-order valence-electron chi connectivity index (χ2n) is 5.24. The summed E-state index contributed by atoms with van der Waals surface area (Å²) in [6.45, 7) is 3.97. The van der Waals surface area contributed by atoms with Gasteiger partial charge in [-0.25, -0.2) is 27.8 Å². The van der Waals surface area contributed by atoms with Gasteiger partial charge in [0.1, 0.15) is 22.7 Å². The number of sulfonamides is 1. The van der Waals surface area contributed by atoms with Crippen molar-refractivity contribution in [2.75, 3.05) is 0 Å². The van der Waals surface area contributed by atoms with Crippen LogP contribution in [-0.4, -0.2) is 33.2 Å². The van der Waals surface area contributed by atoms with Crippen LogP contribution in [0.2, 0.25) is 0 Å². The van der Waals surface area contributed by atoms with Crippen LogP contribution in [0.1, 0.15) is 25.7 Å². The van der Waals surface area contributed by atoms with Gasteiger partial charge in [0, 0.05) is 28.3 Å². The molecular formula is C13H15BrN6O2S. The first kappa shape index (κ1) is 16.1. The van der Waals surface area contributed by atoms with Crippen molar-refractivity contribution in [1.29, 1.82) is 0 Å². The number of halogens is 1. The quantitative estimate of drug-likeness (QED) is 0.683. The predicted molar refractivity (Wildman–Crippen MR) is 88.2 cm³/mol. The predicted octanol–water partition coefficient (Wildman–Crippen LogP) is 1.98. The molecule has 0 saturated heterocycles. The van der Waals surface area contributed by atoms with E-state index in [0.717, 1.165) is 0 Å². The van der Waals surface area contributed by atoms with Gasteiger partial charge in [-0.3, -0.25) is 0 Å². The number of nitrogens with one attached hydrogen (secondary N) is 2. The van der Waals surface area contributed by atoms with E-state index in [1.807, 2.05) is 13.8 Å². The molecule has 0 aliphatic carbocycles. The number of aromatic nitrogens is 5. The Labute approximate surface area is 141 Å². The molecule has 2 N–H and O–H groups in total. The molecule has 0 atom stereocenters. The van der Waals surface area contributed by atoms with Crippen molar-refractivity contribution < 1.29 is 8.42 Å². The highest BCUT2D eigenvalue weighted by Crippen LogP contribution is 2.24. The molecule has 0 aliphatic rings. The summed E-state index contributed by atoms with van der Waals surface area (Å²) in [6, 6.07) is 1.81. The van der Waals surface area contributed by atoms with E-state index in [4.69, 9.17) is 0 Å². The molecule has 0 fully saturated rings. The fraction of sp³-hybridized carbons (Fsp3) is 0.308. The molecule has 3 aromatic heterocycles. The van der Waals surface area contributed by atoms with Crippen LogP contribution in [0.3, 0.4) is 0 Å². The van der Waals surface area contributed by atoms with Gasteiger partial charge in [0.15, 0.2) is 0 Å². The Morgan fingerprint density at radius 3 is 2.91 bits per heavy atom. The second kappa shape index (κ2) is 6.02. The monoisotopic (exact) mass is 398 g/mol. The highest BCUT2D eigenvalue weighted by Gasteiger charge is 2.20. The molecule has 3 heterocycles. The van der Waals surface area contributed by atoms with Gasteiger partial charge in [-0.1, -0.05) is 0 Å². The van der Waals surface area contributed by atoms with Gasteiger partial charge in [-0.2, -0.15) is 5.10 Å². The molecule has 0 amide bonds. The molecule has 3 aromatic rings. The summed E-state index contributed by atoms with van der Waals surface area (Å²) in [5, 5.41) is 4.61. The summed E-state index contributed by atoms with van der Waals surface area (Å²) in [4.78, 5) is 11.2. The summed E-state index contributed by atoms with van der Waals surface area (Å²) >= 11 is 3.30.